The molecule has 0 radical (unpaired) electrons. The first-order valence-corrected chi connectivity index (χ1v) is 8.54. The highest BCUT2D eigenvalue weighted by Gasteiger charge is 2.08. The minimum atomic E-state index is -0.408. The molecule has 6 heteroatoms. The number of benzene rings is 2. The topological polar surface area (TPSA) is 58.2 Å². The van der Waals surface area contributed by atoms with Crippen molar-refractivity contribution in [1.82, 2.24) is 10.6 Å². The van der Waals surface area contributed by atoms with Gasteiger partial charge in [-0.1, -0.05) is 24.3 Å². The molecule has 0 bridgehead atoms. The third-order valence-corrected chi connectivity index (χ3v) is 4.29. The van der Waals surface area contributed by atoms with Gasteiger partial charge in [0, 0.05) is 23.5 Å². The average molecular weight is 346 g/mol. The van der Waals surface area contributed by atoms with E-state index in [2.05, 4.69) is 10.6 Å². The van der Waals surface area contributed by atoms with Crippen molar-refractivity contribution in [2.45, 2.75) is 11.8 Å². The summed E-state index contributed by atoms with van der Waals surface area (Å²) in [5.74, 6) is -0.545. The molecular formula is C18H19FN2O2S. The van der Waals surface area contributed by atoms with Gasteiger partial charge in [0.05, 0.1) is 5.75 Å². The predicted octanol–water partition coefficient (Wildman–Crippen LogP) is 2.77. The Kier molecular flexibility index (Phi) is 6.81. The smallest absolute Gasteiger partial charge is 0.251 e. The van der Waals surface area contributed by atoms with Crippen molar-refractivity contribution >= 4 is 23.6 Å². The molecule has 0 unspecified atom stereocenters. The molecule has 2 N–H and O–H groups in total. The Labute approximate surface area is 144 Å². The van der Waals surface area contributed by atoms with Gasteiger partial charge in [0.15, 0.2) is 0 Å². The molecule has 0 aromatic heterocycles. The summed E-state index contributed by atoms with van der Waals surface area (Å²) in [5.41, 5.74) is 0.763. The van der Waals surface area contributed by atoms with Crippen LogP contribution in [0.3, 0.4) is 0 Å². The number of hydrogen-bond acceptors (Lipinski definition) is 3. The quantitative estimate of drug-likeness (QED) is 0.599. The second kappa shape index (κ2) is 9.08. The predicted molar refractivity (Wildman–Crippen MR) is 93.6 cm³/mol. The zero-order valence-corrected chi connectivity index (χ0v) is 14.2. The van der Waals surface area contributed by atoms with Gasteiger partial charge < -0.3 is 10.6 Å². The SMILES string of the molecule is Cc1ccc(C(=O)NCCNC(=O)CSc2ccccc2)cc1F. The molecule has 126 valence electrons. The molecule has 0 fully saturated rings. The Morgan fingerprint density at radius 1 is 1.04 bits per heavy atom. The molecule has 0 aliphatic heterocycles. The van der Waals surface area contributed by atoms with E-state index in [0.717, 1.165) is 4.90 Å². The standard InChI is InChI=1S/C18H19FN2O2S/c1-13-7-8-14(11-16(13)19)18(23)21-10-9-20-17(22)12-24-15-5-3-2-4-6-15/h2-8,11H,9-10,12H2,1H3,(H,20,22)(H,21,23). The average Bonchev–Trinajstić information content (AvgIpc) is 2.60. The van der Waals surface area contributed by atoms with Gasteiger partial charge in [-0.3, -0.25) is 9.59 Å². The summed E-state index contributed by atoms with van der Waals surface area (Å²) >= 11 is 1.45. The van der Waals surface area contributed by atoms with Crippen molar-refractivity contribution in [3.63, 3.8) is 0 Å². The van der Waals surface area contributed by atoms with Crippen molar-refractivity contribution in [3.05, 3.63) is 65.5 Å². The Hall–Kier alpha value is -2.34. The van der Waals surface area contributed by atoms with Crippen LogP contribution in [0.15, 0.2) is 53.4 Å². The molecule has 2 aromatic rings. The fourth-order valence-electron chi connectivity index (χ4n) is 1.93. The highest BCUT2D eigenvalue weighted by atomic mass is 32.2. The molecule has 0 saturated carbocycles. The Bertz CT molecular complexity index is 707. The van der Waals surface area contributed by atoms with Crippen LogP contribution >= 0.6 is 11.8 Å². The number of amides is 2. The first kappa shape index (κ1) is 18.0. The molecule has 0 atom stereocenters. The monoisotopic (exact) mass is 346 g/mol. The second-order valence-electron chi connectivity index (χ2n) is 5.17. The lowest BCUT2D eigenvalue weighted by atomic mass is 10.1. The number of carbonyl (C=O) groups excluding carboxylic acids is 2. The summed E-state index contributed by atoms with van der Waals surface area (Å²) in [7, 11) is 0. The van der Waals surface area contributed by atoms with Crippen molar-refractivity contribution in [3.8, 4) is 0 Å². The Morgan fingerprint density at radius 2 is 1.75 bits per heavy atom. The van der Waals surface area contributed by atoms with Gasteiger partial charge >= 0.3 is 0 Å². The van der Waals surface area contributed by atoms with Gasteiger partial charge in [-0.05, 0) is 36.8 Å². The molecule has 0 spiro atoms. The van der Waals surface area contributed by atoms with Gasteiger partial charge in [-0.2, -0.15) is 0 Å². The lowest BCUT2D eigenvalue weighted by Crippen LogP contribution is -2.35. The van der Waals surface area contributed by atoms with E-state index < -0.39 is 5.82 Å². The van der Waals surface area contributed by atoms with Gasteiger partial charge in [-0.15, -0.1) is 11.8 Å². The van der Waals surface area contributed by atoms with E-state index in [1.165, 1.54) is 17.8 Å². The Morgan fingerprint density at radius 3 is 2.46 bits per heavy atom. The normalized spacial score (nSPS) is 10.2. The lowest BCUT2D eigenvalue weighted by molar-refractivity contribution is -0.118. The van der Waals surface area contributed by atoms with Crippen LogP contribution in [0.25, 0.3) is 0 Å². The van der Waals surface area contributed by atoms with Crippen molar-refractivity contribution in [1.29, 1.82) is 0 Å². The van der Waals surface area contributed by atoms with Crippen LogP contribution in [-0.4, -0.2) is 30.7 Å². The summed E-state index contributed by atoms with van der Waals surface area (Å²) in [5, 5.41) is 5.38. The summed E-state index contributed by atoms with van der Waals surface area (Å²) in [4.78, 5) is 24.6. The zero-order valence-electron chi connectivity index (χ0n) is 13.3. The molecule has 24 heavy (non-hydrogen) atoms. The molecule has 2 rings (SSSR count). The van der Waals surface area contributed by atoms with Crippen LogP contribution in [0, 0.1) is 12.7 Å². The first-order valence-electron chi connectivity index (χ1n) is 7.55. The van der Waals surface area contributed by atoms with Crippen molar-refractivity contribution in [2.75, 3.05) is 18.8 Å². The number of carbonyl (C=O) groups is 2. The number of thioether (sulfide) groups is 1. The van der Waals surface area contributed by atoms with Crippen molar-refractivity contribution < 1.29 is 14.0 Å². The van der Waals surface area contributed by atoms with Crippen LogP contribution < -0.4 is 10.6 Å². The number of nitrogens with one attached hydrogen (secondary N) is 2. The number of halogens is 1. The minimum Gasteiger partial charge on any atom is -0.354 e. The van der Waals surface area contributed by atoms with Gasteiger partial charge in [0.25, 0.3) is 5.91 Å². The Balaban J connectivity index is 1.65. The molecule has 0 aliphatic rings. The minimum absolute atomic E-state index is 0.0977. The van der Waals surface area contributed by atoms with Crippen molar-refractivity contribution in [2.24, 2.45) is 0 Å². The third-order valence-electron chi connectivity index (χ3n) is 3.28. The van der Waals surface area contributed by atoms with Crippen LogP contribution in [0.2, 0.25) is 0 Å². The van der Waals surface area contributed by atoms with E-state index in [0.29, 0.717) is 17.9 Å². The summed E-state index contributed by atoms with van der Waals surface area (Å²) in [6.07, 6.45) is 0. The van der Waals surface area contributed by atoms with E-state index in [-0.39, 0.29) is 23.9 Å². The van der Waals surface area contributed by atoms with Crippen LogP contribution in [0.1, 0.15) is 15.9 Å². The molecule has 2 amide bonds. The molecular weight excluding hydrogens is 327 g/mol. The number of hydrogen-bond donors (Lipinski definition) is 2. The van der Waals surface area contributed by atoms with Gasteiger partial charge in [-0.25, -0.2) is 4.39 Å². The van der Waals surface area contributed by atoms with Crippen LogP contribution in [-0.2, 0) is 4.79 Å². The summed E-state index contributed by atoms with van der Waals surface area (Å²) < 4.78 is 13.4. The van der Waals surface area contributed by atoms with Gasteiger partial charge in [0.1, 0.15) is 5.82 Å². The first-order chi connectivity index (χ1) is 11.6. The molecule has 2 aromatic carbocycles. The number of aryl methyl sites for hydroxylation is 1. The molecule has 0 aliphatic carbocycles. The van der Waals surface area contributed by atoms with E-state index in [9.17, 15) is 14.0 Å². The van der Waals surface area contributed by atoms with E-state index in [4.69, 9.17) is 0 Å². The third kappa shape index (κ3) is 5.70. The fraction of sp³-hybridized carbons (Fsp3) is 0.222. The van der Waals surface area contributed by atoms with Gasteiger partial charge in [0.2, 0.25) is 5.91 Å². The van der Waals surface area contributed by atoms with E-state index in [1.54, 1.807) is 19.1 Å². The largest absolute Gasteiger partial charge is 0.354 e. The lowest BCUT2D eigenvalue weighted by Gasteiger charge is -2.08. The number of rotatable bonds is 7. The summed E-state index contributed by atoms with van der Waals surface area (Å²) in [6.45, 7) is 2.25. The van der Waals surface area contributed by atoms with Crippen LogP contribution in [0.5, 0.6) is 0 Å². The maximum absolute atomic E-state index is 13.4. The molecule has 0 heterocycles. The fourth-order valence-corrected chi connectivity index (χ4v) is 2.68. The highest BCUT2D eigenvalue weighted by Crippen LogP contribution is 2.16. The second-order valence-corrected chi connectivity index (χ2v) is 6.22. The van der Waals surface area contributed by atoms with E-state index >= 15 is 0 Å². The maximum Gasteiger partial charge on any atom is 0.251 e. The molecule has 0 saturated heterocycles. The summed E-state index contributed by atoms with van der Waals surface area (Å²) in [6, 6.07) is 14.0. The molecule has 4 nitrogen and oxygen atoms in total. The maximum atomic E-state index is 13.4. The van der Waals surface area contributed by atoms with Crippen LogP contribution in [0.4, 0.5) is 4.39 Å². The zero-order chi connectivity index (χ0) is 17.4. The highest BCUT2D eigenvalue weighted by molar-refractivity contribution is 8.00. The van der Waals surface area contributed by atoms with E-state index in [1.807, 2.05) is 30.3 Å².